The molecule has 1 N–H and O–H groups in total. The minimum atomic E-state index is 0.177. The van der Waals surface area contributed by atoms with Gasteiger partial charge in [0.2, 0.25) is 5.96 Å². The van der Waals surface area contributed by atoms with Crippen molar-refractivity contribution in [3.63, 3.8) is 0 Å². The summed E-state index contributed by atoms with van der Waals surface area (Å²) < 4.78 is 1.08. The van der Waals surface area contributed by atoms with Crippen LogP contribution in [0.5, 0.6) is 0 Å². The summed E-state index contributed by atoms with van der Waals surface area (Å²) in [7, 11) is 0. The number of aliphatic imine (C=N–C) groups is 1. The minimum Gasteiger partial charge on any atom is -0.338 e. The quantitative estimate of drug-likeness (QED) is 0.792. The van der Waals surface area contributed by atoms with E-state index < -0.39 is 0 Å². The predicted molar refractivity (Wildman–Crippen MR) is 90.1 cm³/mol. The average molecular weight is 350 g/mol. The molecule has 1 saturated heterocycles. The van der Waals surface area contributed by atoms with Gasteiger partial charge in [-0.05, 0) is 32.0 Å². The molecule has 0 aromatic heterocycles. The Bertz CT molecular complexity index is 577. The summed E-state index contributed by atoms with van der Waals surface area (Å²) in [5, 5.41) is 9.96. The topological polar surface area (TPSA) is 43.2 Å². The molecule has 3 rings (SSSR count). The maximum absolute atomic E-state index is 4.87. The molecule has 21 heavy (non-hydrogen) atoms. The Morgan fingerprint density at radius 1 is 1.38 bits per heavy atom. The molecule has 0 radical (unpaired) electrons. The molecule has 0 aliphatic carbocycles. The highest BCUT2D eigenvalue weighted by Crippen LogP contribution is 2.37. The van der Waals surface area contributed by atoms with Gasteiger partial charge in [0, 0.05) is 42.4 Å². The number of nitrogens with zero attached hydrogens (tertiary/aromatic N) is 4. The molecule has 1 aromatic rings. The number of guanidine groups is 1. The van der Waals surface area contributed by atoms with Crippen LogP contribution in [-0.4, -0.2) is 48.3 Å². The van der Waals surface area contributed by atoms with Crippen LogP contribution in [0.2, 0.25) is 0 Å². The van der Waals surface area contributed by atoms with Gasteiger partial charge in [-0.3, -0.25) is 0 Å². The number of hydrogen-bond donors (Lipinski definition) is 1. The smallest absolute Gasteiger partial charge is 0.223 e. The number of rotatable bonds is 1. The second-order valence-electron chi connectivity index (χ2n) is 5.25. The molecular weight excluding hydrogens is 330 g/mol. The summed E-state index contributed by atoms with van der Waals surface area (Å²) >= 11 is 3.54. The summed E-state index contributed by atoms with van der Waals surface area (Å²) in [6.45, 7) is 8.03. The van der Waals surface area contributed by atoms with Crippen LogP contribution in [0.15, 0.2) is 32.8 Å². The molecule has 1 atom stereocenters. The number of piperazine rings is 1. The van der Waals surface area contributed by atoms with Crippen LogP contribution >= 0.6 is 15.9 Å². The van der Waals surface area contributed by atoms with Crippen LogP contribution in [0.4, 0.5) is 5.69 Å². The lowest BCUT2D eigenvalue weighted by Gasteiger charge is -2.39. The zero-order chi connectivity index (χ0) is 14.8. The summed E-state index contributed by atoms with van der Waals surface area (Å²) in [4.78, 5) is 7.18. The third kappa shape index (κ3) is 2.82. The van der Waals surface area contributed by atoms with E-state index in [1.54, 1.807) is 0 Å². The fourth-order valence-corrected chi connectivity index (χ4v) is 3.16. The van der Waals surface area contributed by atoms with Crippen molar-refractivity contribution in [2.75, 3.05) is 26.2 Å². The highest BCUT2D eigenvalue weighted by atomic mass is 79.9. The normalized spacial score (nSPS) is 22.4. The first-order valence-corrected chi connectivity index (χ1v) is 8.11. The third-order valence-electron chi connectivity index (χ3n) is 3.87. The van der Waals surface area contributed by atoms with Gasteiger partial charge < -0.3 is 10.2 Å². The maximum atomic E-state index is 4.87. The number of hydrogen-bond acceptors (Lipinski definition) is 5. The van der Waals surface area contributed by atoms with Crippen molar-refractivity contribution in [2.24, 2.45) is 10.1 Å². The molecule has 0 bridgehead atoms. The Labute approximate surface area is 133 Å². The van der Waals surface area contributed by atoms with E-state index >= 15 is 0 Å². The van der Waals surface area contributed by atoms with Crippen molar-refractivity contribution in [2.45, 2.75) is 19.9 Å². The Balaban J connectivity index is 2.03. The number of nitrogens with one attached hydrogen (secondary N) is 1. The van der Waals surface area contributed by atoms with Gasteiger partial charge >= 0.3 is 0 Å². The third-order valence-corrected chi connectivity index (χ3v) is 4.36. The van der Waals surface area contributed by atoms with Crippen molar-refractivity contribution in [1.29, 1.82) is 0 Å². The predicted octanol–water partition coefficient (Wildman–Crippen LogP) is 2.72. The number of fused-ring (bicyclic) bond motifs is 1. The van der Waals surface area contributed by atoms with Gasteiger partial charge in [0.15, 0.2) is 0 Å². The van der Waals surface area contributed by atoms with Gasteiger partial charge in [0.25, 0.3) is 0 Å². The lowest BCUT2D eigenvalue weighted by Crippen LogP contribution is -2.52. The van der Waals surface area contributed by atoms with Gasteiger partial charge in [-0.15, -0.1) is 0 Å². The van der Waals surface area contributed by atoms with Crippen LogP contribution in [0.3, 0.4) is 0 Å². The first kappa shape index (κ1) is 14.5. The molecule has 0 amide bonds. The van der Waals surface area contributed by atoms with Crippen LogP contribution in [0.1, 0.15) is 25.5 Å². The van der Waals surface area contributed by atoms with E-state index in [0.29, 0.717) is 0 Å². The van der Waals surface area contributed by atoms with Crippen molar-refractivity contribution in [3.8, 4) is 0 Å². The second kappa shape index (κ2) is 6.15. The summed E-state index contributed by atoms with van der Waals surface area (Å²) in [6.07, 6.45) is 1.83. The van der Waals surface area contributed by atoms with E-state index in [0.717, 1.165) is 42.3 Å². The molecule has 1 unspecified atom stereocenters. The summed E-state index contributed by atoms with van der Waals surface area (Å²) in [6, 6.07) is 6.43. The molecule has 6 heteroatoms. The van der Waals surface area contributed by atoms with Gasteiger partial charge in [-0.2, -0.15) is 5.10 Å². The monoisotopic (exact) mass is 349 g/mol. The van der Waals surface area contributed by atoms with Crippen molar-refractivity contribution >= 4 is 33.8 Å². The maximum Gasteiger partial charge on any atom is 0.223 e. The van der Waals surface area contributed by atoms with Crippen LogP contribution in [0, 0.1) is 0 Å². The zero-order valence-electron chi connectivity index (χ0n) is 12.4. The first-order valence-electron chi connectivity index (χ1n) is 7.32. The van der Waals surface area contributed by atoms with E-state index in [4.69, 9.17) is 4.99 Å². The molecular formula is C15H20BrN5. The van der Waals surface area contributed by atoms with Gasteiger partial charge in [-0.1, -0.05) is 15.9 Å². The summed E-state index contributed by atoms with van der Waals surface area (Å²) in [5.41, 5.74) is 2.25. The Hall–Kier alpha value is -1.40. The Morgan fingerprint density at radius 3 is 2.86 bits per heavy atom. The van der Waals surface area contributed by atoms with Crippen molar-refractivity contribution < 1.29 is 0 Å². The molecule has 2 aliphatic rings. The molecule has 1 fully saturated rings. The van der Waals surface area contributed by atoms with Crippen molar-refractivity contribution in [3.05, 3.63) is 28.2 Å². The summed E-state index contributed by atoms with van der Waals surface area (Å²) in [5.74, 6) is 0.955. The largest absolute Gasteiger partial charge is 0.338 e. The highest BCUT2D eigenvalue weighted by Gasteiger charge is 2.30. The molecule has 112 valence electrons. The number of hydrazone groups is 1. The van der Waals surface area contributed by atoms with E-state index in [-0.39, 0.29) is 6.04 Å². The van der Waals surface area contributed by atoms with E-state index in [2.05, 4.69) is 50.3 Å². The Kier molecular flexibility index (Phi) is 4.26. The average Bonchev–Trinajstić information content (AvgIpc) is 2.51. The van der Waals surface area contributed by atoms with Gasteiger partial charge in [-0.25, -0.2) is 10.0 Å². The van der Waals surface area contributed by atoms with Crippen LogP contribution in [0.25, 0.3) is 0 Å². The van der Waals surface area contributed by atoms with Crippen LogP contribution < -0.4 is 5.32 Å². The van der Waals surface area contributed by atoms with Crippen LogP contribution in [-0.2, 0) is 0 Å². The van der Waals surface area contributed by atoms with E-state index in [9.17, 15) is 0 Å². The lowest BCUT2D eigenvalue weighted by molar-refractivity contribution is 0.258. The molecule has 1 aromatic carbocycles. The number of halogens is 1. The second-order valence-corrected chi connectivity index (χ2v) is 6.16. The van der Waals surface area contributed by atoms with E-state index in [1.807, 2.05) is 24.2 Å². The fraction of sp³-hybridized carbons (Fsp3) is 0.467. The lowest BCUT2D eigenvalue weighted by atomic mass is 10.0. The van der Waals surface area contributed by atoms with Crippen molar-refractivity contribution in [1.82, 2.24) is 15.2 Å². The SMILES string of the molecule is C/C=N\N1C(N2CCNCC2)=Nc2ccc(Br)cc2C1C. The number of benzene rings is 1. The molecule has 2 heterocycles. The first-order chi connectivity index (χ1) is 10.2. The molecule has 0 spiro atoms. The van der Waals surface area contributed by atoms with Gasteiger partial charge in [0.1, 0.15) is 0 Å². The zero-order valence-corrected chi connectivity index (χ0v) is 14.0. The molecule has 5 nitrogen and oxygen atoms in total. The molecule has 2 aliphatic heterocycles. The standard InChI is InChI=1S/C15H20BrN5/c1-3-18-21-11(2)13-10-12(16)4-5-14(13)19-15(21)20-8-6-17-7-9-20/h3-5,10-11,17H,6-9H2,1-2H3/b18-3-. The highest BCUT2D eigenvalue weighted by molar-refractivity contribution is 9.10. The minimum absolute atomic E-state index is 0.177. The van der Waals surface area contributed by atoms with Gasteiger partial charge in [0.05, 0.1) is 11.7 Å². The fourth-order valence-electron chi connectivity index (χ4n) is 2.78. The Morgan fingerprint density at radius 2 is 2.14 bits per heavy atom. The molecule has 0 saturated carbocycles. The van der Waals surface area contributed by atoms with E-state index in [1.165, 1.54) is 5.56 Å².